The molecule has 150 valence electrons. The van der Waals surface area contributed by atoms with Gasteiger partial charge < -0.3 is 14.4 Å². The van der Waals surface area contributed by atoms with Crippen molar-refractivity contribution in [2.75, 3.05) is 32.8 Å². The zero-order valence-electron chi connectivity index (χ0n) is 16.7. The number of benzene rings is 1. The second-order valence-electron chi connectivity index (χ2n) is 8.10. The molecular weight excluding hydrogens is 347 g/mol. The van der Waals surface area contributed by atoms with E-state index in [1.165, 1.54) is 12.1 Å². The maximum atomic E-state index is 13.6. The maximum absolute atomic E-state index is 13.6. The SMILES string of the molecule is CC1CN(C(C(=O)N2CCOC(c3cccc(F)c3)C2)C(C)C)CC(C)O1. The highest BCUT2D eigenvalue weighted by molar-refractivity contribution is 5.82. The third-order valence-corrected chi connectivity index (χ3v) is 5.32. The number of nitrogens with zero attached hydrogens (tertiary/aromatic N) is 2. The van der Waals surface area contributed by atoms with Crippen LogP contribution in [0.2, 0.25) is 0 Å². The highest BCUT2D eigenvalue weighted by Crippen LogP contribution is 2.26. The van der Waals surface area contributed by atoms with E-state index in [-0.39, 0.29) is 42.0 Å². The first kappa shape index (κ1) is 20.2. The standard InChI is InChI=1S/C21H31FN2O3/c1-14(2)20(24-11-15(3)27-16(4)12-24)21(25)23-8-9-26-19(13-23)17-6-5-7-18(22)10-17/h5-7,10,14-16,19-20H,8-9,11-13H2,1-4H3. The number of morpholine rings is 2. The lowest BCUT2D eigenvalue weighted by Gasteiger charge is -2.43. The van der Waals surface area contributed by atoms with Crippen LogP contribution in [0.5, 0.6) is 0 Å². The average molecular weight is 378 g/mol. The molecule has 0 radical (unpaired) electrons. The van der Waals surface area contributed by atoms with Gasteiger partial charge in [-0.15, -0.1) is 0 Å². The van der Waals surface area contributed by atoms with E-state index in [0.29, 0.717) is 19.7 Å². The fourth-order valence-electron chi connectivity index (χ4n) is 4.25. The first-order valence-electron chi connectivity index (χ1n) is 9.90. The van der Waals surface area contributed by atoms with Crippen molar-refractivity contribution in [3.63, 3.8) is 0 Å². The zero-order valence-corrected chi connectivity index (χ0v) is 16.7. The van der Waals surface area contributed by atoms with Gasteiger partial charge in [0, 0.05) is 19.6 Å². The smallest absolute Gasteiger partial charge is 0.240 e. The zero-order chi connectivity index (χ0) is 19.6. The number of hydrogen-bond acceptors (Lipinski definition) is 4. The van der Waals surface area contributed by atoms with Crippen LogP contribution < -0.4 is 0 Å². The number of halogens is 1. The average Bonchev–Trinajstić information content (AvgIpc) is 2.61. The largest absolute Gasteiger partial charge is 0.373 e. The highest BCUT2D eigenvalue weighted by atomic mass is 19.1. The molecule has 0 aromatic heterocycles. The summed E-state index contributed by atoms with van der Waals surface area (Å²) < 4.78 is 25.2. The Morgan fingerprint density at radius 3 is 2.52 bits per heavy atom. The summed E-state index contributed by atoms with van der Waals surface area (Å²) in [6.07, 6.45) is -0.0474. The van der Waals surface area contributed by atoms with Crippen LogP contribution in [0.3, 0.4) is 0 Å². The molecule has 1 aromatic carbocycles. The first-order valence-corrected chi connectivity index (χ1v) is 9.90. The van der Waals surface area contributed by atoms with E-state index in [4.69, 9.17) is 9.47 Å². The molecule has 0 spiro atoms. The monoisotopic (exact) mass is 378 g/mol. The highest BCUT2D eigenvalue weighted by Gasteiger charge is 2.38. The molecule has 5 nitrogen and oxygen atoms in total. The Bertz CT molecular complexity index is 644. The molecule has 4 atom stereocenters. The summed E-state index contributed by atoms with van der Waals surface area (Å²) in [5.41, 5.74) is 0.780. The molecule has 0 bridgehead atoms. The number of hydrogen-bond donors (Lipinski definition) is 0. The summed E-state index contributed by atoms with van der Waals surface area (Å²) in [5, 5.41) is 0. The Hall–Kier alpha value is -1.50. The molecule has 1 amide bonds. The number of carbonyl (C=O) groups is 1. The van der Waals surface area contributed by atoms with E-state index in [9.17, 15) is 9.18 Å². The lowest BCUT2D eigenvalue weighted by molar-refractivity contribution is -0.152. The molecule has 6 heteroatoms. The number of carbonyl (C=O) groups excluding carboxylic acids is 1. The van der Waals surface area contributed by atoms with Crippen molar-refractivity contribution in [1.82, 2.24) is 9.80 Å². The second-order valence-corrected chi connectivity index (χ2v) is 8.10. The predicted molar refractivity (Wildman–Crippen MR) is 102 cm³/mol. The van der Waals surface area contributed by atoms with E-state index in [2.05, 4.69) is 32.6 Å². The van der Waals surface area contributed by atoms with E-state index in [1.807, 2.05) is 11.0 Å². The molecule has 27 heavy (non-hydrogen) atoms. The summed E-state index contributed by atoms with van der Waals surface area (Å²) in [7, 11) is 0. The Morgan fingerprint density at radius 2 is 1.89 bits per heavy atom. The van der Waals surface area contributed by atoms with Gasteiger partial charge in [0.15, 0.2) is 0 Å². The fraction of sp³-hybridized carbons (Fsp3) is 0.667. The molecule has 2 saturated heterocycles. The van der Waals surface area contributed by atoms with Crippen molar-refractivity contribution >= 4 is 5.91 Å². The van der Waals surface area contributed by atoms with Gasteiger partial charge in [-0.25, -0.2) is 4.39 Å². The van der Waals surface area contributed by atoms with Crippen LogP contribution in [0, 0.1) is 11.7 Å². The lowest BCUT2D eigenvalue weighted by atomic mass is 9.98. The topological polar surface area (TPSA) is 42.0 Å². The Morgan fingerprint density at radius 1 is 1.19 bits per heavy atom. The Labute approximate surface area is 161 Å². The van der Waals surface area contributed by atoms with Gasteiger partial charge in [-0.3, -0.25) is 9.69 Å². The van der Waals surface area contributed by atoms with Crippen LogP contribution >= 0.6 is 0 Å². The molecule has 2 heterocycles. The predicted octanol–water partition coefficient (Wildman–Crippen LogP) is 2.86. The van der Waals surface area contributed by atoms with Gasteiger partial charge in [-0.1, -0.05) is 26.0 Å². The summed E-state index contributed by atoms with van der Waals surface area (Å²) in [6, 6.07) is 6.27. The van der Waals surface area contributed by atoms with Gasteiger partial charge >= 0.3 is 0 Å². The summed E-state index contributed by atoms with van der Waals surface area (Å²) in [4.78, 5) is 17.6. The number of amides is 1. The van der Waals surface area contributed by atoms with Crippen molar-refractivity contribution < 1.29 is 18.7 Å². The minimum absolute atomic E-state index is 0.118. The van der Waals surface area contributed by atoms with Gasteiger partial charge in [-0.05, 0) is 37.5 Å². The van der Waals surface area contributed by atoms with E-state index in [0.717, 1.165) is 18.7 Å². The molecule has 2 aliphatic heterocycles. The van der Waals surface area contributed by atoms with Crippen molar-refractivity contribution in [2.45, 2.75) is 52.0 Å². The lowest BCUT2D eigenvalue weighted by Crippen LogP contribution is -2.59. The molecule has 0 aliphatic carbocycles. The Kier molecular flexibility index (Phi) is 6.50. The molecular formula is C21H31FN2O3. The van der Waals surface area contributed by atoms with Crippen LogP contribution in [0.15, 0.2) is 24.3 Å². The molecule has 1 aromatic rings. The molecule has 0 saturated carbocycles. The number of ether oxygens (including phenoxy) is 2. The minimum atomic E-state index is -0.284. The van der Waals surface area contributed by atoms with Gasteiger partial charge in [0.05, 0.1) is 31.4 Å². The molecule has 2 aliphatic rings. The molecule has 3 rings (SSSR count). The molecule has 2 fully saturated rings. The van der Waals surface area contributed by atoms with Gasteiger partial charge in [0.2, 0.25) is 5.91 Å². The van der Waals surface area contributed by atoms with Crippen molar-refractivity contribution in [3.8, 4) is 0 Å². The maximum Gasteiger partial charge on any atom is 0.240 e. The van der Waals surface area contributed by atoms with Crippen molar-refractivity contribution in [1.29, 1.82) is 0 Å². The second kappa shape index (κ2) is 8.67. The van der Waals surface area contributed by atoms with Gasteiger partial charge in [-0.2, -0.15) is 0 Å². The summed E-state index contributed by atoms with van der Waals surface area (Å²) in [6.45, 7) is 11.3. The minimum Gasteiger partial charge on any atom is -0.373 e. The van der Waals surface area contributed by atoms with Crippen LogP contribution in [-0.4, -0.2) is 66.7 Å². The molecule has 4 unspecified atom stereocenters. The van der Waals surface area contributed by atoms with E-state index >= 15 is 0 Å². The van der Waals surface area contributed by atoms with Gasteiger partial charge in [0.1, 0.15) is 11.9 Å². The first-order chi connectivity index (χ1) is 12.8. The summed E-state index contributed by atoms with van der Waals surface area (Å²) >= 11 is 0. The number of rotatable bonds is 4. The summed E-state index contributed by atoms with van der Waals surface area (Å²) in [5.74, 6) is 0.0531. The van der Waals surface area contributed by atoms with Crippen LogP contribution in [0.4, 0.5) is 4.39 Å². The van der Waals surface area contributed by atoms with Crippen LogP contribution in [0.1, 0.15) is 39.4 Å². The molecule has 0 N–H and O–H groups in total. The van der Waals surface area contributed by atoms with Crippen LogP contribution in [-0.2, 0) is 14.3 Å². The van der Waals surface area contributed by atoms with Crippen molar-refractivity contribution in [3.05, 3.63) is 35.6 Å². The third-order valence-electron chi connectivity index (χ3n) is 5.32. The third kappa shape index (κ3) is 4.86. The normalized spacial score (nSPS) is 28.4. The van der Waals surface area contributed by atoms with E-state index < -0.39 is 0 Å². The fourth-order valence-corrected chi connectivity index (χ4v) is 4.25. The van der Waals surface area contributed by atoms with Crippen LogP contribution in [0.25, 0.3) is 0 Å². The van der Waals surface area contributed by atoms with E-state index in [1.54, 1.807) is 6.07 Å². The van der Waals surface area contributed by atoms with Crippen molar-refractivity contribution in [2.24, 2.45) is 5.92 Å². The quantitative estimate of drug-likeness (QED) is 0.808. The van der Waals surface area contributed by atoms with Gasteiger partial charge in [0.25, 0.3) is 0 Å². The Balaban J connectivity index is 1.73.